The molecule has 0 N–H and O–H groups in total. The number of carbonyl (C=O) groups is 1. The molecule has 4 heteroatoms. The van der Waals surface area contributed by atoms with Crippen molar-refractivity contribution in [2.24, 2.45) is 0 Å². The molecule has 138 valence electrons. The fraction of sp³-hybridized carbons (Fsp3) is 0.217. The van der Waals surface area contributed by atoms with Gasteiger partial charge in [-0.25, -0.2) is 4.98 Å². The highest BCUT2D eigenvalue weighted by Crippen LogP contribution is 2.17. The van der Waals surface area contributed by atoms with Gasteiger partial charge in [0.2, 0.25) is 0 Å². The molecule has 0 aliphatic heterocycles. The van der Waals surface area contributed by atoms with Crippen LogP contribution in [-0.2, 0) is 16.1 Å². The van der Waals surface area contributed by atoms with Gasteiger partial charge < -0.3 is 9.47 Å². The molecule has 4 nitrogen and oxygen atoms in total. The first-order valence-corrected chi connectivity index (χ1v) is 9.05. The molecule has 0 bridgehead atoms. The Hall–Kier alpha value is -3.14. The standard InChI is InChI=1S/C23H23NO3/c1-26-23(25)13-4-2-3-8-18-9-7-11-21(16-18)27-17-20-15-14-19-10-5-6-12-22(19)24-20/h3,5-12,14-16H,2,4,13,17H2,1H3/b8-3+. The molecule has 1 aromatic heterocycles. The SMILES string of the molecule is COC(=O)CCC/C=C/c1cccc(OCc2ccc3ccccc3n2)c1. The third-order valence-electron chi connectivity index (χ3n) is 4.19. The third kappa shape index (κ3) is 5.68. The van der Waals surface area contributed by atoms with E-state index in [9.17, 15) is 4.79 Å². The minimum atomic E-state index is -0.166. The molecule has 0 amide bonds. The molecule has 0 saturated heterocycles. The van der Waals surface area contributed by atoms with Gasteiger partial charge in [-0.15, -0.1) is 0 Å². The van der Waals surface area contributed by atoms with Crippen LogP contribution in [0.3, 0.4) is 0 Å². The summed E-state index contributed by atoms with van der Waals surface area (Å²) >= 11 is 0. The summed E-state index contributed by atoms with van der Waals surface area (Å²) in [7, 11) is 1.41. The van der Waals surface area contributed by atoms with Crippen molar-refractivity contribution in [2.45, 2.75) is 25.9 Å². The van der Waals surface area contributed by atoms with E-state index >= 15 is 0 Å². The van der Waals surface area contributed by atoms with Gasteiger partial charge in [-0.1, -0.05) is 48.6 Å². The van der Waals surface area contributed by atoms with E-state index in [0.717, 1.165) is 40.8 Å². The predicted octanol–water partition coefficient (Wildman–Crippen LogP) is 5.17. The van der Waals surface area contributed by atoms with E-state index in [1.807, 2.05) is 60.7 Å². The number of benzene rings is 2. The summed E-state index contributed by atoms with van der Waals surface area (Å²) in [5, 5.41) is 1.13. The van der Waals surface area contributed by atoms with Crippen LogP contribution in [0.2, 0.25) is 0 Å². The number of carbonyl (C=O) groups excluding carboxylic acids is 1. The van der Waals surface area contributed by atoms with Crippen molar-refractivity contribution in [1.82, 2.24) is 4.98 Å². The van der Waals surface area contributed by atoms with E-state index in [1.54, 1.807) is 0 Å². The van der Waals surface area contributed by atoms with Crippen LogP contribution in [0.25, 0.3) is 17.0 Å². The molecule has 0 spiro atoms. The van der Waals surface area contributed by atoms with Gasteiger partial charge in [-0.05, 0) is 42.7 Å². The zero-order valence-corrected chi connectivity index (χ0v) is 15.4. The highest BCUT2D eigenvalue weighted by Gasteiger charge is 2.01. The highest BCUT2D eigenvalue weighted by atomic mass is 16.5. The maximum atomic E-state index is 11.1. The lowest BCUT2D eigenvalue weighted by molar-refractivity contribution is -0.140. The largest absolute Gasteiger partial charge is 0.487 e. The molecule has 0 aliphatic rings. The van der Waals surface area contributed by atoms with Crippen LogP contribution in [0.5, 0.6) is 5.75 Å². The first kappa shape index (κ1) is 18.6. The minimum absolute atomic E-state index is 0.166. The summed E-state index contributed by atoms with van der Waals surface area (Å²) in [6.45, 7) is 0.428. The van der Waals surface area contributed by atoms with Crippen LogP contribution in [0, 0.1) is 0 Å². The molecule has 2 aromatic carbocycles. The molecule has 3 rings (SSSR count). The summed E-state index contributed by atoms with van der Waals surface area (Å²) in [4.78, 5) is 15.7. The number of unbranched alkanes of at least 4 members (excludes halogenated alkanes) is 1. The quantitative estimate of drug-likeness (QED) is 0.410. The topological polar surface area (TPSA) is 48.4 Å². The number of nitrogens with zero attached hydrogens (tertiary/aromatic N) is 1. The van der Waals surface area contributed by atoms with Gasteiger partial charge in [0.1, 0.15) is 12.4 Å². The van der Waals surface area contributed by atoms with Crippen LogP contribution >= 0.6 is 0 Å². The molecule has 0 saturated carbocycles. The number of hydrogen-bond acceptors (Lipinski definition) is 4. The molecule has 0 fully saturated rings. The molecular formula is C23H23NO3. The Morgan fingerprint density at radius 3 is 2.85 bits per heavy atom. The van der Waals surface area contributed by atoms with Crippen molar-refractivity contribution in [1.29, 1.82) is 0 Å². The fourth-order valence-corrected chi connectivity index (χ4v) is 2.74. The molecule has 0 unspecified atom stereocenters. The van der Waals surface area contributed by atoms with Gasteiger partial charge in [0.25, 0.3) is 0 Å². The molecule has 0 radical (unpaired) electrons. The number of rotatable bonds is 8. The van der Waals surface area contributed by atoms with Gasteiger partial charge in [-0.2, -0.15) is 0 Å². The van der Waals surface area contributed by atoms with Crippen molar-refractivity contribution in [3.8, 4) is 5.75 Å². The van der Waals surface area contributed by atoms with Crippen LogP contribution in [0.15, 0.2) is 66.7 Å². The van der Waals surface area contributed by atoms with Crippen LogP contribution in [-0.4, -0.2) is 18.1 Å². The average Bonchev–Trinajstić information content (AvgIpc) is 2.72. The second-order valence-corrected chi connectivity index (χ2v) is 6.23. The van der Waals surface area contributed by atoms with E-state index in [1.165, 1.54) is 7.11 Å². The van der Waals surface area contributed by atoms with Crippen molar-refractivity contribution in [3.63, 3.8) is 0 Å². The highest BCUT2D eigenvalue weighted by molar-refractivity contribution is 5.78. The lowest BCUT2D eigenvalue weighted by atomic mass is 10.1. The number of hydrogen-bond donors (Lipinski definition) is 0. The van der Waals surface area contributed by atoms with Crippen LogP contribution in [0.1, 0.15) is 30.5 Å². The number of aromatic nitrogens is 1. The number of fused-ring (bicyclic) bond motifs is 1. The zero-order valence-electron chi connectivity index (χ0n) is 15.4. The molecule has 3 aromatic rings. The summed E-state index contributed by atoms with van der Waals surface area (Å²) < 4.78 is 10.5. The summed E-state index contributed by atoms with van der Waals surface area (Å²) in [5.41, 5.74) is 2.94. The first-order valence-electron chi connectivity index (χ1n) is 9.05. The molecule has 0 atom stereocenters. The Balaban J connectivity index is 1.54. The van der Waals surface area contributed by atoms with Crippen LogP contribution in [0.4, 0.5) is 0 Å². The molecular weight excluding hydrogens is 338 g/mol. The maximum Gasteiger partial charge on any atom is 0.305 e. The Labute approximate surface area is 159 Å². The summed E-state index contributed by atoms with van der Waals surface area (Å²) in [6, 6.07) is 20.0. The van der Waals surface area contributed by atoms with Crippen molar-refractivity contribution in [3.05, 3.63) is 78.0 Å². The molecule has 1 heterocycles. The van der Waals surface area contributed by atoms with E-state index in [2.05, 4.69) is 21.9 Å². The second-order valence-electron chi connectivity index (χ2n) is 6.23. The zero-order chi connectivity index (χ0) is 18.9. The Bertz CT molecular complexity index is 934. The van der Waals surface area contributed by atoms with Gasteiger partial charge in [0.15, 0.2) is 0 Å². The smallest absolute Gasteiger partial charge is 0.305 e. The number of methoxy groups -OCH3 is 1. The summed E-state index contributed by atoms with van der Waals surface area (Å²) in [6.07, 6.45) is 6.17. The number of pyridine rings is 1. The number of esters is 1. The second kappa shape index (κ2) is 9.53. The lowest BCUT2D eigenvalue weighted by Gasteiger charge is -2.07. The number of ether oxygens (including phenoxy) is 2. The predicted molar refractivity (Wildman–Crippen MR) is 107 cm³/mol. The van der Waals surface area contributed by atoms with Crippen molar-refractivity contribution in [2.75, 3.05) is 7.11 Å². The van der Waals surface area contributed by atoms with Gasteiger partial charge in [-0.3, -0.25) is 4.79 Å². The normalized spacial score (nSPS) is 11.0. The average molecular weight is 361 g/mol. The van der Waals surface area contributed by atoms with E-state index in [-0.39, 0.29) is 5.97 Å². The molecule has 0 aliphatic carbocycles. The van der Waals surface area contributed by atoms with E-state index in [4.69, 9.17) is 4.74 Å². The number of para-hydroxylation sites is 1. The fourth-order valence-electron chi connectivity index (χ4n) is 2.74. The Morgan fingerprint density at radius 1 is 1.07 bits per heavy atom. The van der Waals surface area contributed by atoms with Gasteiger partial charge in [0.05, 0.1) is 18.3 Å². The lowest BCUT2D eigenvalue weighted by Crippen LogP contribution is -1.98. The monoisotopic (exact) mass is 361 g/mol. The van der Waals surface area contributed by atoms with E-state index in [0.29, 0.717) is 13.0 Å². The van der Waals surface area contributed by atoms with Crippen molar-refractivity contribution >= 4 is 22.9 Å². The van der Waals surface area contributed by atoms with Gasteiger partial charge in [0, 0.05) is 11.8 Å². The molecule has 27 heavy (non-hydrogen) atoms. The first-order chi connectivity index (χ1) is 13.2. The third-order valence-corrected chi connectivity index (χ3v) is 4.19. The summed E-state index contributed by atoms with van der Waals surface area (Å²) in [5.74, 6) is 0.641. The van der Waals surface area contributed by atoms with Crippen molar-refractivity contribution < 1.29 is 14.3 Å². The number of allylic oxidation sites excluding steroid dienone is 1. The minimum Gasteiger partial charge on any atom is -0.487 e. The Kier molecular flexibility index (Phi) is 6.58. The van der Waals surface area contributed by atoms with E-state index < -0.39 is 0 Å². The maximum absolute atomic E-state index is 11.1. The van der Waals surface area contributed by atoms with Crippen LogP contribution < -0.4 is 4.74 Å². The Morgan fingerprint density at radius 2 is 1.96 bits per heavy atom. The van der Waals surface area contributed by atoms with Gasteiger partial charge >= 0.3 is 5.97 Å².